The lowest BCUT2D eigenvalue weighted by Crippen LogP contribution is -2.23. The van der Waals surface area contributed by atoms with Gasteiger partial charge < -0.3 is 4.74 Å². The highest BCUT2D eigenvalue weighted by atomic mass is 16.5. The van der Waals surface area contributed by atoms with E-state index < -0.39 is 0 Å². The summed E-state index contributed by atoms with van der Waals surface area (Å²) >= 11 is 0. The van der Waals surface area contributed by atoms with E-state index >= 15 is 0 Å². The highest BCUT2D eigenvalue weighted by Crippen LogP contribution is 2.06. The Morgan fingerprint density at radius 2 is 2.09 bits per heavy atom. The highest BCUT2D eigenvalue weighted by molar-refractivity contribution is 5.80. The molecule has 0 saturated carbocycles. The molecular formula is C9H16O2. The molecule has 0 aliphatic carbocycles. The SMILES string of the molecule is C=CCC(=O)COC(C)(C)C. The van der Waals surface area contributed by atoms with E-state index in [9.17, 15) is 4.79 Å². The number of rotatable bonds is 4. The van der Waals surface area contributed by atoms with Crippen LogP contribution >= 0.6 is 0 Å². The standard InChI is InChI=1S/C9H16O2/c1-5-6-8(10)7-11-9(2,3)4/h5H,1,6-7H2,2-4H3. The Balaban J connectivity index is 3.54. The molecule has 0 fully saturated rings. The molecule has 0 aliphatic heterocycles. The van der Waals surface area contributed by atoms with Gasteiger partial charge in [0.05, 0.1) is 5.60 Å². The summed E-state index contributed by atoms with van der Waals surface area (Å²) in [6, 6.07) is 0. The van der Waals surface area contributed by atoms with Gasteiger partial charge in [0.2, 0.25) is 0 Å². The van der Waals surface area contributed by atoms with Crippen molar-refractivity contribution >= 4 is 5.78 Å². The average Bonchev–Trinajstić information content (AvgIpc) is 1.83. The molecule has 2 nitrogen and oxygen atoms in total. The zero-order valence-electron chi connectivity index (χ0n) is 7.52. The second kappa shape index (κ2) is 4.29. The number of hydrogen-bond donors (Lipinski definition) is 0. The number of carbonyl (C=O) groups excluding carboxylic acids is 1. The van der Waals surface area contributed by atoms with Crippen molar-refractivity contribution < 1.29 is 9.53 Å². The average molecular weight is 156 g/mol. The van der Waals surface area contributed by atoms with Crippen LogP contribution in [0.1, 0.15) is 27.2 Å². The molecule has 0 aromatic rings. The first-order valence-corrected chi connectivity index (χ1v) is 3.72. The fourth-order valence-corrected chi connectivity index (χ4v) is 0.517. The van der Waals surface area contributed by atoms with Gasteiger partial charge in [-0.05, 0) is 20.8 Å². The number of Topliss-reactive ketones (excluding diaryl/α,β-unsaturated/α-hetero) is 1. The summed E-state index contributed by atoms with van der Waals surface area (Å²) in [6.07, 6.45) is 1.99. The van der Waals surface area contributed by atoms with Gasteiger partial charge in [-0.3, -0.25) is 4.79 Å². The third-order valence-electron chi connectivity index (χ3n) is 1.04. The first-order valence-electron chi connectivity index (χ1n) is 3.72. The van der Waals surface area contributed by atoms with Gasteiger partial charge in [0.1, 0.15) is 6.61 Å². The van der Waals surface area contributed by atoms with Crippen LogP contribution in [0.4, 0.5) is 0 Å². The molecule has 0 unspecified atom stereocenters. The Bertz CT molecular complexity index is 142. The van der Waals surface area contributed by atoms with Gasteiger partial charge in [-0.1, -0.05) is 6.08 Å². The minimum Gasteiger partial charge on any atom is -0.368 e. The number of allylic oxidation sites excluding steroid dienone is 1. The number of ether oxygens (including phenoxy) is 1. The van der Waals surface area contributed by atoms with Crippen molar-refractivity contribution in [3.05, 3.63) is 12.7 Å². The van der Waals surface area contributed by atoms with Gasteiger partial charge in [0, 0.05) is 6.42 Å². The van der Waals surface area contributed by atoms with Crippen LogP contribution in [-0.2, 0) is 9.53 Å². The summed E-state index contributed by atoms with van der Waals surface area (Å²) in [4.78, 5) is 10.9. The van der Waals surface area contributed by atoms with Crippen molar-refractivity contribution in [2.24, 2.45) is 0 Å². The third-order valence-corrected chi connectivity index (χ3v) is 1.04. The second-order valence-electron chi connectivity index (χ2n) is 3.43. The molecule has 0 aromatic heterocycles. The van der Waals surface area contributed by atoms with Crippen LogP contribution in [0.3, 0.4) is 0 Å². The fraction of sp³-hybridized carbons (Fsp3) is 0.667. The zero-order chi connectivity index (χ0) is 8.91. The maximum Gasteiger partial charge on any atom is 0.162 e. The van der Waals surface area contributed by atoms with Crippen molar-refractivity contribution in [2.75, 3.05) is 6.61 Å². The van der Waals surface area contributed by atoms with E-state index in [1.165, 1.54) is 0 Å². The third kappa shape index (κ3) is 7.26. The molecule has 11 heavy (non-hydrogen) atoms. The molecule has 0 radical (unpaired) electrons. The van der Waals surface area contributed by atoms with Crippen molar-refractivity contribution in [2.45, 2.75) is 32.8 Å². The Kier molecular flexibility index (Phi) is 4.04. The van der Waals surface area contributed by atoms with E-state index in [-0.39, 0.29) is 18.0 Å². The Hall–Kier alpha value is -0.630. The van der Waals surface area contributed by atoms with Crippen LogP contribution in [0.5, 0.6) is 0 Å². The molecule has 0 bridgehead atoms. The van der Waals surface area contributed by atoms with Crippen LogP contribution in [0.25, 0.3) is 0 Å². The lowest BCUT2D eigenvalue weighted by molar-refractivity contribution is -0.127. The van der Waals surface area contributed by atoms with Gasteiger partial charge >= 0.3 is 0 Å². The van der Waals surface area contributed by atoms with Crippen LogP contribution in [0.15, 0.2) is 12.7 Å². The van der Waals surface area contributed by atoms with Crippen molar-refractivity contribution in [3.8, 4) is 0 Å². The van der Waals surface area contributed by atoms with Gasteiger partial charge in [-0.25, -0.2) is 0 Å². The van der Waals surface area contributed by atoms with Gasteiger partial charge in [-0.15, -0.1) is 6.58 Å². The fourth-order valence-electron chi connectivity index (χ4n) is 0.517. The predicted octanol–water partition coefficient (Wildman–Crippen LogP) is 1.95. The summed E-state index contributed by atoms with van der Waals surface area (Å²) in [5, 5.41) is 0. The summed E-state index contributed by atoms with van der Waals surface area (Å²) in [5.41, 5.74) is -0.225. The van der Waals surface area contributed by atoms with E-state index in [1.54, 1.807) is 6.08 Å². The molecule has 0 amide bonds. The second-order valence-corrected chi connectivity index (χ2v) is 3.43. The summed E-state index contributed by atoms with van der Waals surface area (Å²) in [7, 11) is 0. The Morgan fingerprint density at radius 1 is 1.55 bits per heavy atom. The number of hydrogen-bond acceptors (Lipinski definition) is 2. The van der Waals surface area contributed by atoms with Crippen molar-refractivity contribution in [1.82, 2.24) is 0 Å². The van der Waals surface area contributed by atoms with E-state index in [2.05, 4.69) is 6.58 Å². The van der Waals surface area contributed by atoms with Gasteiger partial charge in [0.25, 0.3) is 0 Å². The molecule has 0 aromatic carbocycles. The first kappa shape index (κ1) is 10.4. The molecule has 0 aliphatic rings. The maximum absolute atomic E-state index is 10.9. The van der Waals surface area contributed by atoms with Crippen molar-refractivity contribution in [3.63, 3.8) is 0 Å². The maximum atomic E-state index is 10.9. The lowest BCUT2D eigenvalue weighted by Gasteiger charge is -2.18. The lowest BCUT2D eigenvalue weighted by atomic mass is 10.2. The molecule has 0 N–H and O–H groups in total. The largest absolute Gasteiger partial charge is 0.368 e. The Morgan fingerprint density at radius 3 is 2.45 bits per heavy atom. The van der Waals surface area contributed by atoms with E-state index in [4.69, 9.17) is 4.74 Å². The van der Waals surface area contributed by atoms with Crippen LogP contribution < -0.4 is 0 Å². The Labute approximate surface area is 68.2 Å². The van der Waals surface area contributed by atoms with Gasteiger partial charge in [-0.2, -0.15) is 0 Å². The minimum absolute atomic E-state index is 0.0786. The number of carbonyl (C=O) groups is 1. The molecule has 0 spiro atoms. The van der Waals surface area contributed by atoms with Crippen LogP contribution in [0, 0.1) is 0 Å². The summed E-state index contributed by atoms with van der Waals surface area (Å²) in [6.45, 7) is 9.43. The number of ketones is 1. The smallest absolute Gasteiger partial charge is 0.162 e. The van der Waals surface area contributed by atoms with Crippen LogP contribution in [0.2, 0.25) is 0 Å². The van der Waals surface area contributed by atoms with E-state index in [1.807, 2.05) is 20.8 Å². The van der Waals surface area contributed by atoms with E-state index in [0.29, 0.717) is 6.42 Å². The monoisotopic (exact) mass is 156 g/mol. The highest BCUT2D eigenvalue weighted by Gasteiger charge is 2.11. The molecular weight excluding hydrogens is 140 g/mol. The van der Waals surface area contributed by atoms with E-state index in [0.717, 1.165) is 0 Å². The molecule has 0 heterocycles. The molecule has 0 rings (SSSR count). The van der Waals surface area contributed by atoms with Crippen LogP contribution in [-0.4, -0.2) is 18.0 Å². The predicted molar refractivity (Wildman–Crippen MR) is 45.5 cm³/mol. The summed E-state index contributed by atoms with van der Waals surface area (Å²) < 4.78 is 5.25. The van der Waals surface area contributed by atoms with Gasteiger partial charge in [0.15, 0.2) is 5.78 Å². The first-order chi connectivity index (χ1) is 4.95. The topological polar surface area (TPSA) is 26.3 Å². The molecule has 0 atom stereocenters. The quantitative estimate of drug-likeness (QED) is 0.581. The zero-order valence-corrected chi connectivity index (χ0v) is 7.52. The molecule has 64 valence electrons. The normalized spacial score (nSPS) is 11.2. The minimum atomic E-state index is -0.225. The summed E-state index contributed by atoms with van der Waals surface area (Å²) in [5.74, 6) is 0.0786. The molecule has 0 saturated heterocycles. The van der Waals surface area contributed by atoms with Crippen molar-refractivity contribution in [1.29, 1.82) is 0 Å². The molecule has 2 heteroatoms.